The van der Waals surface area contributed by atoms with Gasteiger partial charge in [-0.25, -0.2) is 8.42 Å². The van der Waals surface area contributed by atoms with Gasteiger partial charge < -0.3 is 4.42 Å². The number of hydrogen-bond donors (Lipinski definition) is 2. The summed E-state index contributed by atoms with van der Waals surface area (Å²) in [6, 6.07) is 9.25. The summed E-state index contributed by atoms with van der Waals surface area (Å²) in [5.74, 6) is -0.812. The molecule has 3 rings (SSSR count). The van der Waals surface area contributed by atoms with Crippen LogP contribution < -0.4 is 10.3 Å². The Morgan fingerprint density at radius 2 is 1.79 bits per heavy atom. The van der Waals surface area contributed by atoms with E-state index in [1.807, 2.05) is 4.83 Å². The SMILES string of the molecule is Cc1cc([N+](=O)[O-])cc(S(=O)(=O)NNC(=O)c2oc3ccccc3c2C)c1C. The minimum absolute atomic E-state index is 0.0316. The lowest BCUT2D eigenvalue weighted by molar-refractivity contribution is -0.385. The monoisotopic (exact) mass is 403 g/mol. The molecule has 0 spiro atoms. The Morgan fingerprint density at radius 3 is 2.43 bits per heavy atom. The van der Waals surface area contributed by atoms with Gasteiger partial charge in [-0.05, 0) is 38.0 Å². The van der Waals surface area contributed by atoms with Gasteiger partial charge in [-0.2, -0.15) is 0 Å². The molecular weight excluding hydrogens is 386 g/mol. The van der Waals surface area contributed by atoms with E-state index in [0.717, 1.165) is 11.5 Å². The molecule has 3 aromatic rings. The smallest absolute Gasteiger partial charge is 0.302 e. The molecular formula is C18H17N3O6S. The van der Waals surface area contributed by atoms with Crippen LogP contribution in [0.2, 0.25) is 0 Å². The molecule has 0 aliphatic heterocycles. The highest BCUT2D eigenvalue weighted by molar-refractivity contribution is 7.89. The van der Waals surface area contributed by atoms with Crippen LogP contribution in [0.25, 0.3) is 11.0 Å². The number of fused-ring (bicyclic) bond motifs is 1. The number of aryl methyl sites for hydroxylation is 2. The van der Waals surface area contributed by atoms with Crippen molar-refractivity contribution in [2.75, 3.05) is 0 Å². The van der Waals surface area contributed by atoms with Crippen molar-refractivity contribution in [2.45, 2.75) is 25.7 Å². The standard InChI is InChI=1S/C18H17N3O6S/c1-10-8-13(21(23)24)9-16(11(10)2)28(25,26)20-19-18(22)17-12(3)14-6-4-5-7-15(14)27-17/h4-9,20H,1-3H3,(H,19,22). The number of amides is 1. The summed E-state index contributed by atoms with van der Waals surface area (Å²) in [6.07, 6.45) is 0. The van der Waals surface area contributed by atoms with Gasteiger partial charge in [0.1, 0.15) is 5.58 Å². The fraction of sp³-hybridized carbons (Fsp3) is 0.167. The molecule has 0 atom stereocenters. The third-order valence-corrected chi connectivity index (χ3v) is 5.83. The van der Waals surface area contributed by atoms with E-state index < -0.39 is 20.9 Å². The molecule has 28 heavy (non-hydrogen) atoms. The second kappa shape index (κ2) is 7.06. The van der Waals surface area contributed by atoms with Crippen molar-refractivity contribution in [1.82, 2.24) is 10.3 Å². The van der Waals surface area contributed by atoms with Gasteiger partial charge in [-0.3, -0.25) is 20.3 Å². The fourth-order valence-corrected chi connectivity index (χ4v) is 3.99. The van der Waals surface area contributed by atoms with Crippen molar-refractivity contribution in [2.24, 2.45) is 0 Å². The molecule has 0 aliphatic carbocycles. The van der Waals surface area contributed by atoms with Crippen LogP contribution in [0.15, 0.2) is 45.7 Å². The Labute approximate surface area is 160 Å². The molecule has 2 N–H and O–H groups in total. The quantitative estimate of drug-likeness (QED) is 0.497. The van der Waals surface area contributed by atoms with Crippen molar-refractivity contribution >= 4 is 32.6 Å². The van der Waals surface area contributed by atoms with Crippen LogP contribution in [-0.4, -0.2) is 19.2 Å². The zero-order chi connectivity index (χ0) is 20.6. The molecule has 0 saturated heterocycles. The Hall–Kier alpha value is -3.24. The maximum Gasteiger partial charge on any atom is 0.302 e. The average Bonchev–Trinajstić information content (AvgIpc) is 2.98. The first kappa shape index (κ1) is 19.5. The van der Waals surface area contributed by atoms with Crippen molar-refractivity contribution in [3.05, 3.63) is 69.0 Å². The van der Waals surface area contributed by atoms with E-state index >= 15 is 0 Å². The molecule has 2 aromatic carbocycles. The molecule has 0 fully saturated rings. The fourth-order valence-electron chi connectivity index (χ4n) is 2.81. The number of carbonyl (C=O) groups excluding carboxylic acids is 1. The highest BCUT2D eigenvalue weighted by Crippen LogP contribution is 2.26. The summed E-state index contributed by atoms with van der Waals surface area (Å²) < 4.78 is 30.7. The highest BCUT2D eigenvalue weighted by Gasteiger charge is 2.24. The highest BCUT2D eigenvalue weighted by atomic mass is 32.2. The number of sulfonamides is 1. The first-order valence-electron chi connectivity index (χ1n) is 8.17. The van der Waals surface area contributed by atoms with Crippen LogP contribution in [-0.2, 0) is 10.0 Å². The molecule has 1 amide bonds. The van der Waals surface area contributed by atoms with Crippen LogP contribution >= 0.6 is 0 Å². The van der Waals surface area contributed by atoms with Gasteiger partial charge in [0.25, 0.3) is 15.7 Å². The minimum atomic E-state index is -4.24. The molecule has 0 unspecified atom stereocenters. The van der Waals surface area contributed by atoms with Crippen LogP contribution in [0, 0.1) is 30.9 Å². The normalized spacial score (nSPS) is 11.5. The van der Waals surface area contributed by atoms with Crippen molar-refractivity contribution < 1.29 is 22.6 Å². The Balaban J connectivity index is 1.88. The predicted molar refractivity (Wildman–Crippen MR) is 101 cm³/mol. The second-order valence-electron chi connectivity index (χ2n) is 6.25. The number of nitro groups is 1. The number of rotatable bonds is 5. The molecule has 1 aromatic heterocycles. The maximum atomic E-state index is 12.6. The molecule has 0 saturated carbocycles. The summed E-state index contributed by atoms with van der Waals surface area (Å²) in [4.78, 5) is 24.4. The maximum absolute atomic E-state index is 12.6. The van der Waals surface area contributed by atoms with Gasteiger partial charge in [0.15, 0.2) is 5.76 Å². The first-order chi connectivity index (χ1) is 13.1. The molecule has 146 valence electrons. The number of hydrogen-bond acceptors (Lipinski definition) is 6. The Morgan fingerprint density at radius 1 is 1.11 bits per heavy atom. The van der Waals surface area contributed by atoms with Gasteiger partial charge in [0.05, 0.1) is 9.82 Å². The molecule has 0 bridgehead atoms. The average molecular weight is 403 g/mol. The van der Waals surface area contributed by atoms with E-state index in [2.05, 4.69) is 5.43 Å². The molecule has 0 radical (unpaired) electrons. The van der Waals surface area contributed by atoms with Crippen LogP contribution in [0.5, 0.6) is 0 Å². The van der Waals surface area contributed by atoms with Crippen LogP contribution in [0.4, 0.5) is 5.69 Å². The van der Waals surface area contributed by atoms with E-state index in [-0.39, 0.29) is 16.3 Å². The molecule has 0 aliphatic rings. The van der Waals surface area contributed by atoms with Crippen LogP contribution in [0.1, 0.15) is 27.2 Å². The van der Waals surface area contributed by atoms with E-state index in [1.54, 1.807) is 38.1 Å². The van der Waals surface area contributed by atoms with E-state index in [9.17, 15) is 23.3 Å². The summed E-state index contributed by atoms with van der Waals surface area (Å²) >= 11 is 0. The van der Waals surface area contributed by atoms with Crippen molar-refractivity contribution in [3.63, 3.8) is 0 Å². The largest absolute Gasteiger partial charge is 0.451 e. The van der Waals surface area contributed by atoms with Gasteiger partial charge in [-0.15, -0.1) is 4.83 Å². The number of nitro benzene ring substituents is 1. The van der Waals surface area contributed by atoms with Gasteiger partial charge in [0, 0.05) is 23.1 Å². The lowest BCUT2D eigenvalue weighted by Crippen LogP contribution is -2.41. The number of non-ortho nitro benzene ring substituents is 1. The third kappa shape index (κ3) is 3.47. The molecule has 10 heteroatoms. The third-order valence-electron chi connectivity index (χ3n) is 4.45. The van der Waals surface area contributed by atoms with Crippen molar-refractivity contribution in [1.29, 1.82) is 0 Å². The topological polar surface area (TPSA) is 132 Å². The number of furan rings is 1. The number of benzene rings is 2. The predicted octanol–water partition coefficient (Wildman–Crippen LogP) is 2.89. The zero-order valence-electron chi connectivity index (χ0n) is 15.3. The number of hydrazine groups is 1. The number of nitrogens with zero attached hydrogens (tertiary/aromatic N) is 1. The van der Waals surface area contributed by atoms with E-state index in [4.69, 9.17) is 4.42 Å². The number of carbonyl (C=O) groups is 1. The van der Waals surface area contributed by atoms with Crippen molar-refractivity contribution in [3.8, 4) is 0 Å². The van der Waals surface area contributed by atoms with Gasteiger partial charge in [0.2, 0.25) is 0 Å². The Kier molecular flexibility index (Phi) is 4.92. The minimum Gasteiger partial charge on any atom is -0.451 e. The first-order valence-corrected chi connectivity index (χ1v) is 9.66. The summed E-state index contributed by atoms with van der Waals surface area (Å²) in [5, 5.41) is 11.8. The Bertz CT molecular complexity index is 1210. The zero-order valence-corrected chi connectivity index (χ0v) is 16.1. The van der Waals surface area contributed by atoms with Gasteiger partial charge >= 0.3 is 5.91 Å². The number of nitrogens with one attached hydrogen (secondary N) is 2. The van der Waals surface area contributed by atoms with E-state index in [0.29, 0.717) is 22.3 Å². The lowest BCUT2D eigenvalue weighted by atomic mass is 10.1. The van der Waals surface area contributed by atoms with Crippen LogP contribution in [0.3, 0.4) is 0 Å². The van der Waals surface area contributed by atoms with Gasteiger partial charge in [-0.1, -0.05) is 18.2 Å². The number of para-hydroxylation sites is 1. The summed E-state index contributed by atoms with van der Waals surface area (Å²) in [7, 11) is -4.24. The van der Waals surface area contributed by atoms with E-state index in [1.165, 1.54) is 13.0 Å². The molecule has 9 nitrogen and oxygen atoms in total. The second-order valence-corrected chi connectivity index (χ2v) is 7.91. The summed E-state index contributed by atoms with van der Waals surface area (Å²) in [6.45, 7) is 4.78. The summed E-state index contributed by atoms with van der Waals surface area (Å²) in [5.41, 5.74) is 3.58. The molecule has 1 heterocycles. The lowest BCUT2D eigenvalue weighted by Gasteiger charge is -2.11.